The Morgan fingerprint density at radius 2 is 2.05 bits per heavy atom. The Kier molecular flexibility index (Phi) is 4.65. The third kappa shape index (κ3) is 3.49. The van der Waals surface area contributed by atoms with Gasteiger partial charge in [-0.1, -0.05) is 19.3 Å². The Labute approximate surface area is 131 Å². The molecule has 0 unspecified atom stereocenters. The second-order valence-corrected chi connectivity index (χ2v) is 7.95. The fourth-order valence-corrected chi connectivity index (χ4v) is 5.02. The van der Waals surface area contributed by atoms with Gasteiger partial charge in [0.25, 0.3) is 0 Å². The van der Waals surface area contributed by atoms with Crippen molar-refractivity contribution in [1.82, 2.24) is 5.32 Å². The standard InChI is InChI=1S/C17H26N2OS/c18-12-17(7-2-1-3-8-17)10-16(20)19-11-14-9-13-5-4-6-15(13)21-14/h9H,1-8,10-12,18H2,(H,19,20). The number of rotatable bonds is 5. The molecule has 0 spiro atoms. The maximum absolute atomic E-state index is 12.3. The number of thiophene rings is 1. The van der Waals surface area contributed by atoms with E-state index in [1.807, 2.05) is 11.3 Å². The SMILES string of the molecule is NCC1(CC(=O)NCc2cc3c(s2)CCC3)CCCCC1. The molecule has 2 aliphatic rings. The van der Waals surface area contributed by atoms with Gasteiger partial charge in [0.15, 0.2) is 0 Å². The second-order valence-electron chi connectivity index (χ2n) is 6.73. The maximum atomic E-state index is 12.3. The molecule has 3 nitrogen and oxygen atoms in total. The molecule has 0 saturated heterocycles. The van der Waals surface area contributed by atoms with Crippen LogP contribution in [0.5, 0.6) is 0 Å². The summed E-state index contributed by atoms with van der Waals surface area (Å²) >= 11 is 1.88. The van der Waals surface area contributed by atoms with Gasteiger partial charge in [0.1, 0.15) is 0 Å². The van der Waals surface area contributed by atoms with Crippen molar-refractivity contribution < 1.29 is 4.79 Å². The molecule has 1 aromatic rings. The fraction of sp³-hybridized carbons (Fsp3) is 0.706. The van der Waals surface area contributed by atoms with E-state index in [2.05, 4.69) is 11.4 Å². The van der Waals surface area contributed by atoms with E-state index >= 15 is 0 Å². The van der Waals surface area contributed by atoms with Crippen molar-refractivity contribution in [1.29, 1.82) is 0 Å². The van der Waals surface area contributed by atoms with Crippen LogP contribution in [-0.2, 0) is 24.2 Å². The Hall–Kier alpha value is -0.870. The molecule has 3 rings (SSSR count). The Morgan fingerprint density at radius 3 is 2.76 bits per heavy atom. The first kappa shape index (κ1) is 15.0. The van der Waals surface area contributed by atoms with E-state index in [4.69, 9.17) is 5.73 Å². The minimum absolute atomic E-state index is 0.0690. The van der Waals surface area contributed by atoms with Gasteiger partial charge < -0.3 is 11.1 Å². The lowest BCUT2D eigenvalue weighted by atomic mass is 9.71. The molecular weight excluding hydrogens is 280 g/mol. The van der Waals surface area contributed by atoms with E-state index < -0.39 is 0 Å². The fourth-order valence-electron chi connectivity index (χ4n) is 3.82. The topological polar surface area (TPSA) is 55.1 Å². The predicted molar refractivity (Wildman–Crippen MR) is 87.4 cm³/mol. The molecule has 1 fully saturated rings. The number of aryl methyl sites for hydroxylation is 2. The zero-order valence-electron chi connectivity index (χ0n) is 12.7. The summed E-state index contributed by atoms with van der Waals surface area (Å²) < 4.78 is 0. The summed E-state index contributed by atoms with van der Waals surface area (Å²) in [4.78, 5) is 15.1. The largest absolute Gasteiger partial charge is 0.351 e. The van der Waals surface area contributed by atoms with E-state index in [-0.39, 0.29) is 11.3 Å². The molecule has 0 radical (unpaired) electrons. The van der Waals surface area contributed by atoms with Crippen molar-refractivity contribution in [2.24, 2.45) is 11.1 Å². The lowest BCUT2D eigenvalue weighted by Crippen LogP contribution is -2.38. The first-order valence-electron chi connectivity index (χ1n) is 8.28. The number of carbonyl (C=O) groups is 1. The summed E-state index contributed by atoms with van der Waals surface area (Å²) in [6.07, 6.45) is 10.3. The molecule has 0 bridgehead atoms. The molecule has 0 atom stereocenters. The molecule has 1 amide bonds. The van der Waals surface area contributed by atoms with Gasteiger partial charge >= 0.3 is 0 Å². The predicted octanol–water partition coefficient (Wildman–Crippen LogP) is 3.15. The Morgan fingerprint density at radius 1 is 1.24 bits per heavy atom. The summed E-state index contributed by atoms with van der Waals surface area (Å²) in [5, 5.41) is 3.11. The van der Waals surface area contributed by atoms with Gasteiger partial charge in [0, 0.05) is 16.2 Å². The van der Waals surface area contributed by atoms with E-state index in [0.29, 0.717) is 19.5 Å². The number of amides is 1. The van der Waals surface area contributed by atoms with Gasteiger partial charge in [-0.2, -0.15) is 0 Å². The van der Waals surface area contributed by atoms with Crippen LogP contribution in [0, 0.1) is 5.41 Å². The number of carbonyl (C=O) groups excluding carboxylic acids is 1. The van der Waals surface area contributed by atoms with Gasteiger partial charge in [0.05, 0.1) is 6.54 Å². The van der Waals surface area contributed by atoms with E-state index in [1.165, 1.54) is 53.8 Å². The zero-order valence-corrected chi connectivity index (χ0v) is 13.6. The molecule has 0 aromatic carbocycles. The van der Waals surface area contributed by atoms with Gasteiger partial charge in [-0.25, -0.2) is 0 Å². The monoisotopic (exact) mass is 306 g/mol. The highest BCUT2D eigenvalue weighted by Crippen LogP contribution is 2.38. The minimum Gasteiger partial charge on any atom is -0.351 e. The molecule has 4 heteroatoms. The molecule has 116 valence electrons. The lowest BCUT2D eigenvalue weighted by Gasteiger charge is -2.35. The molecule has 2 aliphatic carbocycles. The van der Waals surface area contributed by atoms with Crippen LogP contribution in [0.15, 0.2) is 6.07 Å². The van der Waals surface area contributed by atoms with Crippen LogP contribution >= 0.6 is 11.3 Å². The normalized spacial score (nSPS) is 20.2. The van der Waals surface area contributed by atoms with Crippen LogP contribution in [0.3, 0.4) is 0 Å². The third-order valence-electron chi connectivity index (χ3n) is 5.14. The summed E-state index contributed by atoms with van der Waals surface area (Å²) in [6.45, 7) is 1.34. The average Bonchev–Trinajstić information content (AvgIpc) is 3.07. The molecular formula is C17H26N2OS. The Bertz CT molecular complexity index is 481. The van der Waals surface area contributed by atoms with Gasteiger partial charge in [-0.05, 0) is 55.7 Å². The van der Waals surface area contributed by atoms with Crippen LogP contribution in [0.25, 0.3) is 0 Å². The van der Waals surface area contributed by atoms with Crippen LogP contribution in [-0.4, -0.2) is 12.5 Å². The van der Waals surface area contributed by atoms with Crippen LogP contribution in [0.2, 0.25) is 0 Å². The number of hydrogen-bond donors (Lipinski definition) is 2. The first-order valence-corrected chi connectivity index (χ1v) is 9.10. The Balaban J connectivity index is 1.51. The highest BCUT2D eigenvalue weighted by atomic mass is 32.1. The molecule has 1 saturated carbocycles. The van der Waals surface area contributed by atoms with E-state index in [0.717, 1.165) is 12.8 Å². The summed E-state index contributed by atoms with van der Waals surface area (Å²) in [7, 11) is 0. The number of fused-ring (bicyclic) bond motifs is 1. The molecule has 1 aromatic heterocycles. The molecule has 21 heavy (non-hydrogen) atoms. The summed E-state index contributed by atoms with van der Waals surface area (Å²) in [5.41, 5.74) is 7.54. The molecule has 0 aliphatic heterocycles. The third-order valence-corrected chi connectivity index (χ3v) is 6.38. The van der Waals surface area contributed by atoms with Crippen LogP contribution in [0.4, 0.5) is 0 Å². The van der Waals surface area contributed by atoms with Crippen molar-refractivity contribution in [3.63, 3.8) is 0 Å². The average molecular weight is 306 g/mol. The van der Waals surface area contributed by atoms with Gasteiger partial charge in [-0.15, -0.1) is 11.3 Å². The lowest BCUT2D eigenvalue weighted by molar-refractivity contribution is -0.124. The van der Waals surface area contributed by atoms with Crippen molar-refractivity contribution >= 4 is 17.2 Å². The summed E-state index contributed by atoms with van der Waals surface area (Å²) in [5.74, 6) is 0.177. The first-order chi connectivity index (χ1) is 10.2. The smallest absolute Gasteiger partial charge is 0.220 e. The van der Waals surface area contributed by atoms with Crippen LogP contribution < -0.4 is 11.1 Å². The second kappa shape index (κ2) is 6.49. The van der Waals surface area contributed by atoms with Crippen molar-refractivity contribution in [3.05, 3.63) is 21.4 Å². The highest BCUT2D eigenvalue weighted by Gasteiger charge is 2.32. The van der Waals surface area contributed by atoms with Gasteiger partial charge in [0.2, 0.25) is 5.91 Å². The zero-order chi connectivity index (χ0) is 14.7. The number of hydrogen-bond acceptors (Lipinski definition) is 3. The van der Waals surface area contributed by atoms with Crippen molar-refractivity contribution in [2.75, 3.05) is 6.54 Å². The van der Waals surface area contributed by atoms with Gasteiger partial charge in [-0.3, -0.25) is 4.79 Å². The van der Waals surface area contributed by atoms with Crippen molar-refractivity contribution in [2.45, 2.75) is 64.3 Å². The maximum Gasteiger partial charge on any atom is 0.220 e. The highest BCUT2D eigenvalue weighted by molar-refractivity contribution is 7.12. The van der Waals surface area contributed by atoms with Crippen molar-refractivity contribution in [3.8, 4) is 0 Å². The quantitative estimate of drug-likeness (QED) is 0.878. The number of nitrogens with two attached hydrogens (primary N) is 1. The van der Waals surface area contributed by atoms with Crippen LogP contribution in [0.1, 0.15) is 60.3 Å². The van der Waals surface area contributed by atoms with E-state index in [9.17, 15) is 4.79 Å². The molecule has 1 heterocycles. The summed E-state index contributed by atoms with van der Waals surface area (Å²) in [6, 6.07) is 2.28. The number of nitrogens with one attached hydrogen (secondary N) is 1. The minimum atomic E-state index is 0.0690. The molecule has 3 N–H and O–H groups in total. The van der Waals surface area contributed by atoms with E-state index in [1.54, 1.807) is 0 Å².